The highest BCUT2D eigenvalue weighted by Crippen LogP contribution is 2.19. The lowest BCUT2D eigenvalue weighted by molar-refractivity contribution is 0.0926. The van der Waals surface area contributed by atoms with E-state index < -0.39 is 0 Å². The van der Waals surface area contributed by atoms with Crippen molar-refractivity contribution in [1.82, 2.24) is 0 Å². The van der Waals surface area contributed by atoms with E-state index in [0.717, 1.165) is 6.42 Å². The van der Waals surface area contributed by atoms with Crippen molar-refractivity contribution in [3.05, 3.63) is 11.6 Å². The Labute approximate surface area is 56.7 Å². The fourth-order valence-electron chi connectivity index (χ4n) is 1.26. The van der Waals surface area contributed by atoms with Crippen molar-refractivity contribution in [2.24, 2.45) is 0 Å². The van der Waals surface area contributed by atoms with Gasteiger partial charge in [0.15, 0.2) is 0 Å². The average molecular weight is 126 g/mol. The Morgan fingerprint density at radius 1 is 1.67 bits per heavy atom. The standard InChI is InChI=1S/C8H14O/c1-7-4-3-5-8(6-7)9-2/h4,8H,3,5-6H2,1-2H3. The monoisotopic (exact) mass is 126 g/mol. The second-order valence-electron chi connectivity index (χ2n) is 2.69. The van der Waals surface area contributed by atoms with Crippen LogP contribution in [0.15, 0.2) is 11.6 Å². The zero-order chi connectivity index (χ0) is 6.69. The maximum Gasteiger partial charge on any atom is 0.0611 e. The molecule has 1 unspecified atom stereocenters. The van der Waals surface area contributed by atoms with Crippen LogP contribution < -0.4 is 0 Å². The van der Waals surface area contributed by atoms with Gasteiger partial charge in [-0.05, 0) is 26.2 Å². The number of methoxy groups -OCH3 is 1. The van der Waals surface area contributed by atoms with Crippen LogP contribution in [0.4, 0.5) is 0 Å². The van der Waals surface area contributed by atoms with Gasteiger partial charge < -0.3 is 4.74 Å². The lowest BCUT2D eigenvalue weighted by Crippen LogP contribution is -2.13. The summed E-state index contributed by atoms with van der Waals surface area (Å²) in [5.41, 5.74) is 1.48. The first-order valence-corrected chi connectivity index (χ1v) is 3.51. The van der Waals surface area contributed by atoms with Crippen molar-refractivity contribution in [3.63, 3.8) is 0 Å². The minimum absolute atomic E-state index is 0.495. The summed E-state index contributed by atoms with van der Waals surface area (Å²) in [7, 11) is 1.79. The van der Waals surface area contributed by atoms with Crippen LogP contribution in [-0.2, 0) is 4.74 Å². The Hall–Kier alpha value is -0.300. The number of rotatable bonds is 1. The molecular weight excluding hydrogens is 112 g/mol. The van der Waals surface area contributed by atoms with Gasteiger partial charge in [0.25, 0.3) is 0 Å². The molecule has 52 valence electrons. The van der Waals surface area contributed by atoms with E-state index in [4.69, 9.17) is 4.74 Å². The minimum atomic E-state index is 0.495. The molecule has 1 heteroatoms. The molecule has 0 N–H and O–H groups in total. The van der Waals surface area contributed by atoms with Gasteiger partial charge in [-0.25, -0.2) is 0 Å². The maximum absolute atomic E-state index is 5.22. The summed E-state index contributed by atoms with van der Waals surface area (Å²) in [4.78, 5) is 0. The van der Waals surface area contributed by atoms with Crippen molar-refractivity contribution < 1.29 is 4.74 Å². The third-order valence-corrected chi connectivity index (χ3v) is 1.86. The van der Waals surface area contributed by atoms with Crippen LogP contribution in [0.3, 0.4) is 0 Å². The van der Waals surface area contributed by atoms with E-state index in [1.54, 1.807) is 7.11 Å². The number of hydrogen-bond donors (Lipinski definition) is 0. The van der Waals surface area contributed by atoms with E-state index in [1.165, 1.54) is 18.4 Å². The molecule has 1 rings (SSSR count). The lowest BCUT2D eigenvalue weighted by Gasteiger charge is -2.18. The SMILES string of the molecule is COC1CCC=C(C)C1. The molecule has 1 aliphatic carbocycles. The van der Waals surface area contributed by atoms with Gasteiger partial charge in [0.05, 0.1) is 6.10 Å². The molecule has 0 heterocycles. The Morgan fingerprint density at radius 2 is 2.44 bits per heavy atom. The Bertz CT molecular complexity index is 116. The molecule has 1 atom stereocenters. The van der Waals surface area contributed by atoms with E-state index in [-0.39, 0.29) is 0 Å². The predicted molar refractivity (Wildman–Crippen MR) is 38.4 cm³/mol. The minimum Gasteiger partial charge on any atom is -0.381 e. The highest BCUT2D eigenvalue weighted by atomic mass is 16.5. The molecule has 0 aliphatic heterocycles. The van der Waals surface area contributed by atoms with Crippen molar-refractivity contribution in [2.75, 3.05) is 7.11 Å². The highest BCUT2D eigenvalue weighted by Gasteiger charge is 2.10. The van der Waals surface area contributed by atoms with Gasteiger partial charge in [-0.2, -0.15) is 0 Å². The van der Waals surface area contributed by atoms with Crippen molar-refractivity contribution in [1.29, 1.82) is 0 Å². The topological polar surface area (TPSA) is 9.23 Å². The maximum atomic E-state index is 5.22. The fraction of sp³-hybridized carbons (Fsp3) is 0.750. The first-order valence-electron chi connectivity index (χ1n) is 3.51. The Balaban J connectivity index is 2.39. The van der Waals surface area contributed by atoms with Crippen LogP contribution in [0.2, 0.25) is 0 Å². The van der Waals surface area contributed by atoms with Gasteiger partial charge in [0, 0.05) is 7.11 Å². The molecule has 0 saturated carbocycles. The van der Waals surface area contributed by atoms with Gasteiger partial charge in [-0.15, -0.1) is 0 Å². The van der Waals surface area contributed by atoms with Gasteiger partial charge in [0.1, 0.15) is 0 Å². The molecule has 0 bridgehead atoms. The molecular formula is C8H14O. The van der Waals surface area contributed by atoms with Crippen molar-refractivity contribution in [3.8, 4) is 0 Å². The van der Waals surface area contributed by atoms with Crippen molar-refractivity contribution in [2.45, 2.75) is 32.3 Å². The molecule has 0 fully saturated rings. The van der Waals surface area contributed by atoms with Crippen LogP contribution in [0.1, 0.15) is 26.2 Å². The van der Waals surface area contributed by atoms with E-state index in [1.807, 2.05) is 0 Å². The third kappa shape index (κ3) is 1.83. The second-order valence-corrected chi connectivity index (χ2v) is 2.69. The summed E-state index contributed by atoms with van der Waals surface area (Å²) in [6.45, 7) is 2.17. The van der Waals surface area contributed by atoms with Crippen LogP contribution in [-0.4, -0.2) is 13.2 Å². The molecule has 0 aromatic rings. The van der Waals surface area contributed by atoms with Crippen LogP contribution in [0.25, 0.3) is 0 Å². The van der Waals surface area contributed by atoms with E-state index in [0.29, 0.717) is 6.10 Å². The zero-order valence-electron chi connectivity index (χ0n) is 6.18. The van der Waals surface area contributed by atoms with Gasteiger partial charge in [-0.3, -0.25) is 0 Å². The quantitative estimate of drug-likeness (QED) is 0.489. The zero-order valence-corrected chi connectivity index (χ0v) is 6.18. The molecule has 0 aromatic carbocycles. The molecule has 1 aliphatic rings. The molecule has 0 saturated heterocycles. The first kappa shape index (κ1) is 6.81. The second kappa shape index (κ2) is 3.02. The Kier molecular flexibility index (Phi) is 2.29. The summed E-state index contributed by atoms with van der Waals surface area (Å²) in [5, 5.41) is 0. The van der Waals surface area contributed by atoms with E-state index >= 15 is 0 Å². The first-order chi connectivity index (χ1) is 4.33. The van der Waals surface area contributed by atoms with Gasteiger partial charge in [-0.1, -0.05) is 11.6 Å². The van der Waals surface area contributed by atoms with Gasteiger partial charge >= 0.3 is 0 Å². The Morgan fingerprint density at radius 3 is 2.89 bits per heavy atom. The smallest absolute Gasteiger partial charge is 0.0611 e. The number of hydrogen-bond acceptors (Lipinski definition) is 1. The molecule has 0 aromatic heterocycles. The van der Waals surface area contributed by atoms with Crippen molar-refractivity contribution >= 4 is 0 Å². The number of allylic oxidation sites excluding steroid dienone is 1. The fourth-order valence-corrected chi connectivity index (χ4v) is 1.26. The summed E-state index contributed by atoms with van der Waals surface area (Å²) in [6.07, 6.45) is 6.33. The normalized spacial score (nSPS) is 27.8. The molecule has 0 radical (unpaired) electrons. The van der Waals surface area contributed by atoms with E-state index in [9.17, 15) is 0 Å². The third-order valence-electron chi connectivity index (χ3n) is 1.86. The highest BCUT2D eigenvalue weighted by molar-refractivity contribution is 5.03. The largest absolute Gasteiger partial charge is 0.381 e. The summed E-state index contributed by atoms with van der Waals surface area (Å²) in [5.74, 6) is 0. The summed E-state index contributed by atoms with van der Waals surface area (Å²) in [6, 6.07) is 0. The van der Waals surface area contributed by atoms with E-state index in [2.05, 4.69) is 13.0 Å². The molecule has 0 amide bonds. The molecule has 9 heavy (non-hydrogen) atoms. The van der Waals surface area contributed by atoms with Crippen LogP contribution >= 0.6 is 0 Å². The molecule has 0 spiro atoms. The summed E-state index contributed by atoms with van der Waals surface area (Å²) < 4.78 is 5.22. The predicted octanol–water partition coefficient (Wildman–Crippen LogP) is 2.13. The molecule has 1 nitrogen and oxygen atoms in total. The lowest BCUT2D eigenvalue weighted by atomic mass is 9.98. The van der Waals surface area contributed by atoms with Crippen LogP contribution in [0.5, 0.6) is 0 Å². The summed E-state index contributed by atoms with van der Waals surface area (Å²) >= 11 is 0. The van der Waals surface area contributed by atoms with Crippen LogP contribution in [0, 0.1) is 0 Å². The number of ether oxygens (including phenoxy) is 1. The average Bonchev–Trinajstić information content (AvgIpc) is 1.88. The van der Waals surface area contributed by atoms with Gasteiger partial charge in [0.2, 0.25) is 0 Å².